The smallest absolute Gasteiger partial charge is 0.340 e. The summed E-state index contributed by atoms with van der Waals surface area (Å²) in [7, 11) is 0. The van der Waals surface area contributed by atoms with Gasteiger partial charge in [-0.05, 0) is 19.1 Å². The van der Waals surface area contributed by atoms with Crippen LogP contribution in [0.4, 0.5) is 5.69 Å². The number of carbonyl (C=O) groups excluding carboxylic acids is 2. The summed E-state index contributed by atoms with van der Waals surface area (Å²) in [6, 6.07) is 10.5. The van der Waals surface area contributed by atoms with Gasteiger partial charge >= 0.3 is 5.97 Å². The normalized spacial score (nSPS) is 17.6. The first-order valence-electron chi connectivity index (χ1n) is 7.14. The summed E-state index contributed by atoms with van der Waals surface area (Å²) in [5.74, 6) is 0.575. The van der Waals surface area contributed by atoms with Gasteiger partial charge in [-0.15, -0.1) is 0 Å². The number of carbonyl (C=O) groups is 2. The van der Waals surface area contributed by atoms with Crippen molar-refractivity contribution in [1.29, 1.82) is 0 Å². The molecule has 2 aliphatic rings. The minimum Gasteiger partial charge on any atom is -0.454 e. The van der Waals surface area contributed by atoms with Crippen LogP contribution in [0.15, 0.2) is 36.4 Å². The van der Waals surface area contributed by atoms with Gasteiger partial charge in [-0.1, -0.05) is 18.2 Å². The van der Waals surface area contributed by atoms with Crippen molar-refractivity contribution >= 4 is 17.4 Å². The molecule has 0 saturated heterocycles. The van der Waals surface area contributed by atoms with Crippen LogP contribution in [0.3, 0.4) is 0 Å². The molecule has 2 aliphatic heterocycles. The van der Waals surface area contributed by atoms with Gasteiger partial charge in [-0.2, -0.15) is 0 Å². The van der Waals surface area contributed by atoms with E-state index in [-0.39, 0.29) is 18.5 Å². The van der Waals surface area contributed by atoms with Crippen LogP contribution < -0.4 is 14.8 Å². The van der Waals surface area contributed by atoms with Gasteiger partial charge < -0.3 is 19.5 Å². The van der Waals surface area contributed by atoms with E-state index < -0.39 is 6.23 Å². The molecule has 6 heteroatoms. The lowest BCUT2D eigenvalue weighted by molar-refractivity contribution is 0.0437. The molecule has 1 N–H and O–H groups in total. The molecule has 0 unspecified atom stereocenters. The Kier molecular flexibility index (Phi) is 2.97. The van der Waals surface area contributed by atoms with Gasteiger partial charge in [0.15, 0.2) is 17.3 Å². The molecular weight excluding hydrogens is 298 g/mol. The predicted octanol–water partition coefficient (Wildman–Crippen LogP) is 2.90. The highest BCUT2D eigenvalue weighted by molar-refractivity contribution is 6.01. The summed E-state index contributed by atoms with van der Waals surface area (Å²) in [6.07, 6.45) is -0.642. The van der Waals surface area contributed by atoms with E-state index in [1.807, 2.05) is 12.1 Å². The average Bonchev–Trinajstić information content (AvgIpc) is 3.12. The van der Waals surface area contributed by atoms with Gasteiger partial charge in [0.05, 0.1) is 11.3 Å². The second-order valence-electron chi connectivity index (χ2n) is 5.32. The zero-order chi connectivity index (χ0) is 16.0. The number of cyclic esters (lactones) is 1. The summed E-state index contributed by atoms with van der Waals surface area (Å²) in [4.78, 5) is 23.8. The van der Waals surface area contributed by atoms with Gasteiger partial charge in [0, 0.05) is 17.2 Å². The fourth-order valence-electron chi connectivity index (χ4n) is 2.75. The number of benzene rings is 2. The Hall–Kier alpha value is -3.02. The van der Waals surface area contributed by atoms with Crippen LogP contribution in [-0.2, 0) is 4.74 Å². The third-order valence-electron chi connectivity index (χ3n) is 3.87. The summed E-state index contributed by atoms with van der Waals surface area (Å²) in [6.45, 7) is 1.59. The van der Waals surface area contributed by atoms with E-state index in [2.05, 4.69) is 5.32 Å². The maximum absolute atomic E-state index is 11.9. The Morgan fingerprint density at radius 1 is 1.17 bits per heavy atom. The lowest BCUT2D eigenvalue weighted by Crippen LogP contribution is -2.13. The number of nitrogens with one attached hydrogen (secondary N) is 1. The molecule has 0 spiro atoms. The minimum absolute atomic E-state index is 0.122. The first-order chi connectivity index (χ1) is 11.1. The molecule has 116 valence electrons. The van der Waals surface area contributed by atoms with E-state index in [0.29, 0.717) is 28.3 Å². The van der Waals surface area contributed by atoms with Crippen molar-refractivity contribution in [2.24, 2.45) is 0 Å². The number of hydrogen-bond acceptors (Lipinski definition) is 6. The Morgan fingerprint density at radius 3 is 2.70 bits per heavy atom. The van der Waals surface area contributed by atoms with Gasteiger partial charge in [-0.25, -0.2) is 4.79 Å². The standard InChI is InChI=1S/C17H13NO5/c1-9(19)12-6-14-15(22-8-21-14)7-13(12)18-16-10-4-2-3-5-11(10)17(20)23-16/h2-7,16,18H,8H2,1H3/t16-/m0/s1. The number of fused-ring (bicyclic) bond motifs is 2. The molecule has 2 heterocycles. The minimum atomic E-state index is -0.642. The van der Waals surface area contributed by atoms with Gasteiger partial charge in [-0.3, -0.25) is 4.79 Å². The van der Waals surface area contributed by atoms with E-state index >= 15 is 0 Å². The van der Waals surface area contributed by atoms with Crippen LogP contribution >= 0.6 is 0 Å². The highest BCUT2D eigenvalue weighted by Gasteiger charge is 2.31. The molecule has 0 amide bonds. The zero-order valence-corrected chi connectivity index (χ0v) is 12.3. The summed E-state index contributed by atoms with van der Waals surface area (Å²) >= 11 is 0. The second kappa shape index (κ2) is 5.01. The molecule has 0 aromatic heterocycles. The zero-order valence-electron chi connectivity index (χ0n) is 12.3. The van der Waals surface area contributed by atoms with Crippen LogP contribution in [0.25, 0.3) is 0 Å². The van der Waals surface area contributed by atoms with Crippen molar-refractivity contribution in [1.82, 2.24) is 0 Å². The molecule has 2 aromatic rings. The number of Topliss-reactive ketones (excluding diaryl/α,β-unsaturated/α-hetero) is 1. The molecule has 6 nitrogen and oxygen atoms in total. The van der Waals surface area contributed by atoms with E-state index in [1.165, 1.54) is 6.92 Å². The number of ketones is 1. The van der Waals surface area contributed by atoms with E-state index in [4.69, 9.17) is 14.2 Å². The van der Waals surface area contributed by atoms with E-state index in [1.54, 1.807) is 24.3 Å². The van der Waals surface area contributed by atoms with Crippen LogP contribution in [0.5, 0.6) is 11.5 Å². The van der Waals surface area contributed by atoms with Gasteiger partial charge in [0.2, 0.25) is 13.0 Å². The molecule has 0 radical (unpaired) electrons. The van der Waals surface area contributed by atoms with Crippen molar-refractivity contribution in [2.45, 2.75) is 13.2 Å². The maximum Gasteiger partial charge on any atom is 0.340 e. The number of esters is 1. The monoisotopic (exact) mass is 311 g/mol. The van der Waals surface area contributed by atoms with Crippen LogP contribution in [-0.4, -0.2) is 18.5 Å². The molecule has 0 fully saturated rings. The maximum atomic E-state index is 11.9. The summed E-state index contributed by atoms with van der Waals surface area (Å²) < 4.78 is 16.0. The van der Waals surface area contributed by atoms with Crippen LogP contribution in [0, 0.1) is 0 Å². The van der Waals surface area contributed by atoms with Gasteiger partial charge in [0.25, 0.3) is 0 Å². The quantitative estimate of drug-likeness (QED) is 0.694. The van der Waals surface area contributed by atoms with Crippen LogP contribution in [0.2, 0.25) is 0 Å². The Labute approximate surface area is 132 Å². The van der Waals surface area contributed by atoms with Crippen molar-refractivity contribution in [2.75, 3.05) is 12.1 Å². The second-order valence-corrected chi connectivity index (χ2v) is 5.32. The number of ether oxygens (including phenoxy) is 3. The number of rotatable bonds is 3. The first-order valence-corrected chi connectivity index (χ1v) is 7.14. The SMILES string of the molecule is CC(=O)c1cc2c(cc1N[C@H]1OC(=O)c3ccccc31)OCO2. The summed E-state index contributed by atoms with van der Waals surface area (Å²) in [5.41, 5.74) is 2.26. The number of hydrogen-bond donors (Lipinski definition) is 1. The lowest BCUT2D eigenvalue weighted by atomic mass is 10.1. The van der Waals surface area contributed by atoms with E-state index in [9.17, 15) is 9.59 Å². The number of anilines is 1. The Bertz CT molecular complexity index is 830. The van der Waals surface area contributed by atoms with Crippen LogP contribution in [0.1, 0.15) is 39.4 Å². The third kappa shape index (κ3) is 2.19. The molecule has 0 saturated carbocycles. The Morgan fingerprint density at radius 2 is 1.91 bits per heavy atom. The summed E-state index contributed by atoms with van der Waals surface area (Å²) in [5, 5.41) is 3.11. The molecule has 0 bridgehead atoms. The van der Waals surface area contributed by atoms with Crippen molar-refractivity contribution in [3.05, 3.63) is 53.1 Å². The predicted molar refractivity (Wildman–Crippen MR) is 80.8 cm³/mol. The third-order valence-corrected chi connectivity index (χ3v) is 3.87. The molecular formula is C17H13NO5. The largest absolute Gasteiger partial charge is 0.454 e. The van der Waals surface area contributed by atoms with Crippen molar-refractivity contribution < 1.29 is 23.8 Å². The highest BCUT2D eigenvalue weighted by Crippen LogP contribution is 2.39. The lowest BCUT2D eigenvalue weighted by Gasteiger charge is -2.17. The average molecular weight is 311 g/mol. The highest BCUT2D eigenvalue weighted by atomic mass is 16.7. The fourth-order valence-corrected chi connectivity index (χ4v) is 2.75. The van der Waals surface area contributed by atoms with E-state index in [0.717, 1.165) is 5.56 Å². The first kappa shape index (κ1) is 13.6. The molecule has 2 aromatic carbocycles. The Balaban J connectivity index is 1.73. The molecule has 4 rings (SSSR count). The van der Waals surface area contributed by atoms with Crippen molar-refractivity contribution in [3.63, 3.8) is 0 Å². The van der Waals surface area contributed by atoms with Crippen molar-refractivity contribution in [3.8, 4) is 11.5 Å². The molecule has 23 heavy (non-hydrogen) atoms. The molecule has 0 aliphatic carbocycles. The topological polar surface area (TPSA) is 73.9 Å². The molecule has 1 atom stereocenters. The fraction of sp³-hybridized carbons (Fsp3) is 0.176. The van der Waals surface area contributed by atoms with Gasteiger partial charge in [0.1, 0.15) is 0 Å².